The number of tetrazole rings is 1. The van der Waals surface area contributed by atoms with Crippen LogP contribution in [0.15, 0.2) is 47.3 Å². The van der Waals surface area contributed by atoms with Gasteiger partial charge in [0.05, 0.1) is 12.3 Å². The van der Waals surface area contributed by atoms with Crippen LogP contribution in [0.1, 0.15) is 29.9 Å². The third kappa shape index (κ3) is 2.97. The van der Waals surface area contributed by atoms with E-state index in [0.29, 0.717) is 29.6 Å². The Bertz CT molecular complexity index is 1060. The van der Waals surface area contributed by atoms with Crippen molar-refractivity contribution in [3.8, 4) is 11.4 Å². The molecule has 3 aromatic rings. The number of benzene rings is 2. The van der Waals surface area contributed by atoms with Gasteiger partial charge < -0.3 is 4.74 Å². The second-order valence-electron chi connectivity index (χ2n) is 6.31. The lowest BCUT2D eigenvalue weighted by Gasteiger charge is -2.15. The Kier molecular flexibility index (Phi) is 4.01. The summed E-state index contributed by atoms with van der Waals surface area (Å²) in [6.45, 7) is 7.42. The molecular weight excluding hydrogens is 330 g/mol. The first-order chi connectivity index (χ1) is 12.7. The molecule has 26 heavy (non-hydrogen) atoms. The minimum absolute atomic E-state index is 0.297. The van der Waals surface area contributed by atoms with Crippen molar-refractivity contribution in [2.45, 2.75) is 25.4 Å². The highest BCUT2D eigenvalue weighted by atomic mass is 16.5. The average Bonchev–Trinajstić information content (AvgIpc) is 3.46. The number of aromatic nitrogens is 4. The SMILES string of the molecule is [C-]#[N+]c1cccc(OCc2c(C3CC3)cccc2-n2nnn(C)c2=O)c1. The highest BCUT2D eigenvalue weighted by molar-refractivity contribution is 5.50. The van der Waals surface area contributed by atoms with Crippen molar-refractivity contribution in [1.82, 2.24) is 19.8 Å². The van der Waals surface area contributed by atoms with Crippen LogP contribution in [0.3, 0.4) is 0 Å². The summed E-state index contributed by atoms with van der Waals surface area (Å²) in [4.78, 5) is 15.7. The minimum Gasteiger partial charge on any atom is -0.490 e. The summed E-state index contributed by atoms with van der Waals surface area (Å²) in [5.74, 6) is 1.12. The molecule has 0 aliphatic heterocycles. The Balaban J connectivity index is 1.72. The first-order valence-electron chi connectivity index (χ1n) is 8.39. The van der Waals surface area contributed by atoms with Gasteiger partial charge in [0.15, 0.2) is 5.69 Å². The zero-order chi connectivity index (χ0) is 18.1. The Morgan fingerprint density at radius 2 is 2.04 bits per heavy atom. The van der Waals surface area contributed by atoms with Crippen LogP contribution >= 0.6 is 0 Å². The van der Waals surface area contributed by atoms with Crippen LogP contribution in [0, 0.1) is 6.57 Å². The molecule has 0 spiro atoms. The number of hydrogen-bond acceptors (Lipinski definition) is 4. The summed E-state index contributed by atoms with van der Waals surface area (Å²) in [6.07, 6.45) is 2.28. The van der Waals surface area contributed by atoms with Crippen molar-refractivity contribution in [2.75, 3.05) is 0 Å². The fourth-order valence-corrected chi connectivity index (χ4v) is 2.99. The van der Waals surface area contributed by atoms with Gasteiger partial charge in [-0.05, 0) is 52.9 Å². The van der Waals surface area contributed by atoms with Crippen LogP contribution < -0.4 is 10.4 Å². The minimum atomic E-state index is -0.297. The first-order valence-corrected chi connectivity index (χ1v) is 8.39. The molecule has 0 atom stereocenters. The van der Waals surface area contributed by atoms with E-state index in [4.69, 9.17) is 11.3 Å². The Morgan fingerprint density at radius 1 is 1.23 bits per heavy atom. The first kappa shape index (κ1) is 16.1. The summed E-state index contributed by atoms with van der Waals surface area (Å²) >= 11 is 0. The predicted molar refractivity (Wildman–Crippen MR) is 95.6 cm³/mol. The molecule has 4 rings (SSSR count). The Hall–Kier alpha value is -3.40. The van der Waals surface area contributed by atoms with Gasteiger partial charge in [-0.1, -0.05) is 24.3 Å². The zero-order valence-corrected chi connectivity index (χ0v) is 14.3. The molecule has 0 unspecified atom stereocenters. The van der Waals surface area contributed by atoms with Crippen LogP contribution in [-0.2, 0) is 13.7 Å². The summed E-state index contributed by atoms with van der Waals surface area (Å²) < 4.78 is 8.46. The van der Waals surface area contributed by atoms with Gasteiger partial charge in [0, 0.05) is 12.6 Å². The third-order valence-electron chi connectivity index (χ3n) is 4.48. The number of ether oxygens (including phenoxy) is 1. The van der Waals surface area contributed by atoms with E-state index in [1.165, 1.54) is 14.9 Å². The lowest BCUT2D eigenvalue weighted by Crippen LogP contribution is -2.23. The normalized spacial score (nSPS) is 13.4. The monoisotopic (exact) mass is 347 g/mol. The number of hydrogen-bond donors (Lipinski definition) is 0. The molecule has 1 aliphatic carbocycles. The van der Waals surface area contributed by atoms with Crippen molar-refractivity contribution in [1.29, 1.82) is 0 Å². The predicted octanol–water partition coefficient (Wildman–Crippen LogP) is 2.97. The van der Waals surface area contributed by atoms with Crippen LogP contribution in [0.2, 0.25) is 0 Å². The topological polar surface area (TPSA) is 66.3 Å². The summed E-state index contributed by atoms with van der Waals surface area (Å²) in [6, 6.07) is 12.9. The highest BCUT2D eigenvalue weighted by Crippen LogP contribution is 2.43. The van der Waals surface area contributed by atoms with Crippen LogP contribution in [-0.4, -0.2) is 19.8 Å². The van der Waals surface area contributed by atoms with E-state index in [1.54, 1.807) is 25.2 Å². The molecule has 7 heteroatoms. The van der Waals surface area contributed by atoms with Gasteiger partial charge in [-0.25, -0.2) is 9.64 Å². The van der Waals surface area contributed by atoms with Crippen LogP contribution in [0.25, 0.3) is 10.5 Å². The molecule has 0 bridgehead atoms. The Morgan fingerprint density at radius 3 is 2.73 bits per heavy atom. The molecule has 0 amide bonds. The second-order valence-corrected chi connectivity index (χ2v) is 6.31. The highest BCUT2D eigenvalue weighted by Gasteiger charge is 2.28. The molecule has 0 radical (unpaired) electrons. The number of aryl methyl sites for hydroxylation is 1. The van der Waals surface area contributed by atoms with Gasteiger partial charge in [0.25, 0.3) is 0 Å². The van der Waals surface area contributed by atoms with Crippen molar-refractivity contribution in [2.24, 2.45) is 7.05 Å². The van der Waals surface area contributed by atoms with Crippen molar-refractivity contribution >= 4 is 5.69 Å². The van der Waals surface area contributed by atoms with E-state index in [-0.39, 0.29) is 5.69 Å². The van der Waals surface area contributed by atoms with E-state index < -0.39 is 0 Å². The molecule has 1 heterocycles. The van der Waals surface area contributed by atoms with E-state index >= 15 is 0 Å². The molecule has 1 fully saturated rings. The maximum Gasteiger partial charge on any atom is 0.368 e. The molecular formula is C19H17N5O2. The van der Waals surface area contributed by atoms with Gasteiger partial charge in [0.2, 0.25) is 0 Å². The maximum atomic E-state index is 12.3. The molecule has 7 nitrogen and oxygen atoms in total. The van der Waals surface area contributed by atoms with Crippen LogP contribution in [0.4, 0.5) is 5.69 Å². The van der Waals surface area contributed by atoms with Crippen LogP contribution in [0.5, 0.6) is 5.75 Å². The van der Waals surface area contributed by atoms with E-state index in [9.17, 15) is 4.79 Å². The molecule has 1 saturated carbocycles. The van der Waals surface area contributed by atoms with Gasteiger partial charge in [0.1, 0.15) is 12.4 Å². The lowest BCUT2D eigenvalue weighted by atomic mass is 10.0. The van der Waals surface area contributed by atoms with Crippen molar-refractivity contribution in [3.05, 3.63) is 75.5 Å². The zero-order valence-electron chi connectivity index (χ0n) is 14.3. The molecule has 2 aromatic carbocycles. The van der Waals surface area contributed by atoms with Gasteiger partial charge in [-0.2, -0.15) is 9.36 Å². The molecule has 1 aliphatic rings. The summed E-state index contributed by atoms with van der Waals surface area (Å²) in [5, 5.41) is 7.78. The van der Waals surface area contributed by atoms with Crippen molar-refractivity contribution in [3.63, 3.8) is 0 Å². The standard InChI is InChI=1S/C19H17N5O2/c1-20-14-5-3-6-15(11-14)26-12-17-16(13-9-10-13)7-4-8-18(17)24-19(25)23(2)21-22-24/h3-8,11,13H,9-10,12H2,2H3. The quantitative estimate of drug-likeness (QED) is 0.666. The number of rotatable bonds is 5. The fourth-order valence-electron chi connectivity index (χ4n) is 2.99. The average molecular weight is 347 g/mol. The van der Waals surface area contributed by atoms with Gasteiger partial charge in [-0.15, -0.1) is 0 Å². The van der Waals surface area contributed by atoms with Gasteiger partial charge in [-0.3, -0.25) is 0 Å². The molecule has 1 aromatic heterocycles. The third-order valence-corrected chi connectivity index (χ3v) is 4.48. The molecule has 130 valence electrons. The summed E-state index contributed by atoms with van der Waals surface area (Å²) in [7, 11) is 1.57. The number of nitrogens with zero attached hydrogens (tertiary/aromatic N) is 5. The van der Waals surface area contributed by atoms with E-state index in [0.717, 1.165) is 18.4 Å². The smallest absolute Gasteiger partial charge is 0.368 e. The fraction of sp³-hybridized carbons (Fsp3) is 0.263. The van der Waals surface area contributed by atoms with E-state index in [1.807, 2.05) is 18.2 Å². The molecule has 0 N–H and O–H groups in total. The maximum absolute atomic E-state index is 12.3. The Labute approximate surface area is 150 Å². The van der Waals surface area contributed by atoms with Gasteiger partial charge >= 0.3 is 5.69 Å². The summed E-state index contributed by atoms with van der Waals surface area (Å²) in [5.41, 5.74) is 3.04. The largest absolute Gasteiger partial charge is 0.490 e. The molecule has 0 saturated heterocycles. The lowest BCUT2D eigenvalue weighted by molar-refractivity contribution is 0.304. The second kappa shape index (κ2) is 6.48. The van der Waals surface area contributed by atoms with Crippen molar-refractivity contribution < 1.29 is 4.74 Å². The van der Waals surface area contributed by atoms with E-state index in [2.05, 4.69) is 21.3 Å².